The first-order chi connectivity index (χ1) is 21.4. The van der Waals surface area contributed by atoms with E-state index in [4.69, 9.17) is 21.1 Å². The minimum Gasteiger partial charge on any atom is -0.507 e. The van der Waals surface area contributed by atoms with Crippen molar-refractivity contribution < 1.29 is 24.2 Å². The van der Waals surface area contributed by atoms with Crippen molar-refractivity contribution in [1.82, 2.24) is 10.2 Å². The number of rotatable bonds is 13. The Hall–Kier alpha value is -3.86. The van der Waals surface area contributed by atoms with Crippen molar-refractivity contribution in [1.29, 1.82) is 0 Å². The molecule has 228 valence electrons. The fourth-order valence-corrected chi connectivity index (χ4v) is 6.96. The number of benzene rings is 3. The van der Waals surface area contributed by atoms with Gasteiger partial charge < -0.3 is 14.6 Å². The second-order valence-electron chi connectivity index (χ2n) is 9.99. The molecule has 5 rings (SSSR count). The monoisotopic (exact) mass is 649 g/mol. The number of ketones is 1. The van der Waals surface area contributed by atoms with E-state index in [-0.39, 0.29) is 16.5 Å². The number of ether oxygens (including phenoxy) is 2. The summed E-state index contributed by atoms with van der Waals surface area (Å²) in [6.07, 6.45) is 3.04. The number of unbranched alkanes of at least 4 members (excludes halogenated alkanes) is 2. The number of hydrogen-bond acceptors (Lipinski definition) is 9. The van der Waals surface area contributed by atoms with Crippen LogP contribution in [0.2, 0.25) is 5.02 Å². The molecule has 1 atom stereocenters. The van der Waals surface area contributed by atoms with Gasteiger partial charge in [0.05, 0.1) is 24.8 Å². The van der Waals surface area contributed by atoms with Crippen LogP contribution >= 0.6 is 34.7 Å². The highest BCUT2D eigenvalue weighted by Crippen LogP contribution is 2.44. The molecule has 0 radical (unpaired) electrons. The molecule has 8 nitrogen and oxygen atoms in total. The van der Waals surface area contributed by atoms with Crippen LogP contribution in [0.25, 0.3) is 5.76 Å². The van der Waals surface area contributed by atoms with Crippen LogP contribution in [-0.2, 0) is 15.3 Å². The Kier molecular flexibility index (Phi) is 10.6. The zero-order valence-corrected chi connectivity index (χ0v) is 26.8. The third-order valence-electron chi connectivity index (χ3n) is 6.98. The highest BCUT2D eigenvalue weighted by atomic mass is 35.5. The number of aromatic nitrogens is 2. The van der Waals surface area contributed by atoms with E-state index in [0.717, 1.165) is 24.8 Å². The molecule has 1 aromatic heterocycles. The van der Waals surface area contributed by atoms with Crippen LogP contribution in [0.3, 0.4) is 0 Å². The largest absolute Gasteiger partial charge is 0.507 e. The van der Waals surface area contributed by atoms with Gasteiger partial charge >= 0.3 is 5.91 Å². The molecular weight excluding hydrogens is 618 g/mol. The minimum atomic E-state index is -0.949. The van der Waals surface area contributed by atoms with Gasteiger partial charge in [0.2, 0.25) is 5.13 Å². The zero-order chi connectivity index (χ0) is 31.1. The number of nitrogens with zero attached hydrogens (tertiary/aromatic N) is 3. The van der Waals surface area contributed by atoms with Crippen molar-refractivity contribution in [2.45, 2.75) is 49.2 Å². The summed E-state index contributed by atoms with van der Waals surface area (Å²) >= 11 is 8.95. The number of carbonyl (C=O) groups excluding carboxylic acids is 2. The second kappa shape index (κ2) is 14.7. The smallest absolute Gasteiger partial charge is 0.301 e. The van der Waals surface area contributed by atoms with Gasteiger partial charge in [0.15, 0.2) is 4.34 Å². The van der Waals surface area contributed by atoms with Crippen molar-refractivity contribution >= 4 is 57.3 Å². The lowest BCUT2D eigenvalue weighted by Gasteiger charge is -2.23. The highest BCUT2D eigenvalue weighted by molar-refractivity contribution is 8.00. The molecule has 1 saturated heterocycles. The van der Waals surface area contributed by atoms with E-state index in [1.165, 1.54) is 28.0 Å². The summed E-state index contributed by atoms with van der Waals surface area (Å²) in [7, 11) is 0. The van der Waals surface area contributed by atoms with Gasteiger partial charge in [-0.1, -0.05) is 84.8 Å². The summed E-state index contributed by atoms with van der Waals surface area (Å²) < 4.78 is 12.1. The fourth-order valence-electron chi connectivity index (χ4n) is 4.81. The summed E-state index contributed by atoms with van der Waals surface area (Å²) in [5.74, 6) is -0.0908. The fraction of sp³-hybridized carbons (Fsp3) is 0.273. The molecule has 0 saturated carbocycles. The van der Waals surface area contributed by atoms with Gasteiger partial charge in [-0.15, -0.1) is 10.2 Å². The Bertz CT molecular complexity index is 1660. The number of amides is 1. The lowest BCUT2D eigenvalue weighted by atomic mass is 9.95. The Morgan fingerprint density at radius 3 is 2.52 bits per heavy atom. The molecule has 0 bridgehead atoms. The molecule has 1 aliphatic rings. The van der Waals surface area contributed by atoms with E-state index < -0.39 is 17.7 Å². The number of anilines is 1. The number of thioether (sulfide) groups is 1. The van der Waals surface area contributed by atoms with E-state index in [1.807, 2.05) is 49.4 Å². The first-order valence-corrected chi connectivity index (χ1v) is 16.6. The molecule has 1 fully saturated rings. The maximum Gasteiger partial charge on any atom is 0.301 e. The average Bonchev–Trinajstić information content (AvgIpc) is 3.61. The number of carbonyl (C=O) groups is 2. The molecule has 4 aromatic rings. The van der Waals surface area contributed by atoms with Crippen LogP contribution in [0.4, 0.5) is 5.13 Å². The summed E-state index contributed by atoms with van der Waals surface area (Å²) in [6, 6.07) is 20.6. The van der Waals surface area contributed by atoms with Crippen LogP contribution in [-0.4, -0.2) is 40.2 Å². The van der Waals surface area contributed by atoms with E-state index in [1.54, 1.807) is 30.3 Å². The van der Waals surface area contributed by atoms with Gasteiger partial charge in [-0.2, -0.15) is 0 Å². The zero-order valence-electron chi connectivity index (χ0n) is 24.4. The summed E-state index contributed by atoms with van der Waals surface area (Å²) in [5.41, 5.74) is 1.90. The first-order valence-electron chi connectivity index (χ1n) is 14.4. The predicted octanol–water partition coefficient (Wildman–Crippen LogP) is 8.08. The molecule has 2 heterocycles. The van der Waals surface area contributed by atoms with Crippen molar-refractivity contribution in [2.75, 3.05) is 18.1 Å². The lowest BCUT2D eigenvalue weighted by Crippen LogP contribution is -2.29. The Morgan fingerprint density at radius 1 is 0.977 bits per heavy atom. The molecule has 44 heavy (non-hydrogen) atoms. The molecule has 0 spiro atoms. The first kappa shape index (κ1) is 31.6. The van der Waals surface area contributed by atoms with E-state index >= 15 is 0 Å². The van der Waals surface area contributed by atoms with Crippen LogP contribution in [0.15, 0.2) is 82.7 Å². The van der Waals surface area contributed by atoms with Crippen LogP contribution < -0.4 is 14.4 Å². The predicted molar refractivity (Wildman–Crippen MR) is 175 cm³/mol. The Morgan fingerprint density at radius 2 is 1.77 bits per heavy atom. The van der Waals surface area contributed by atoms with Crippen LogP contribution in [0, 0.1) is 0 Å². The molecule has 3 aromatic carbocycles. The van der Waals surface area contributed by atoms with E-state index in [2.05, 4.69) is 17.1 Å². The SMILES string of the molecule is CCCCCOc1cccc(C2/C(=C(\O)c3ccc(OCC)cc3)C(=O)C(=O)N2c2nnc(SCc3ccccc3Cl)s2)c1. The van der Waals surface area contributed by atoms with Crippen LogP contribution in [0.5, 0.6) is 11.5 Å². The quantitative estimate of drug-likeness (QED) is 0.0387. The van der Waals surface area contributed by atoms with Gasteiger partial charge in [0.1, 0.15) is 17.3 Å². The molecule has 0 aliphatic carbocycles. The second-order valence-corrected chi connectivity index (χ2v) is 12.6. The molecule has 1 N–H and O–H groups in total. The Balaban J connectivity index is 1.52. The van der Waals surface area contributed by atoms with Crippen molar-refractivity contribution in [2.24, 2.45) is 0 Å². The van der Waals surface area contributed by atoms with Crippen LogP contribution in [0.1, 0.15) is 55.8 Å². The summed E-state index contributed by atoms with van der Waals surface area (Å²) in [6.45, 7) is 5.05. The van der Waals surface area contributed by atoms with Crippen molar-refractivity contribution in [3.8, 4) is 11.5 Å². The van der Waals surface area contributed by atoms with Crippen molar-refractivity contribution in [3.05, 3.63) is 100 Å². The van der Waals surface area contributed by atoms with E-state index in [9.17, 15) is 14.7 Å². The van der Waals surface area contributed by atoms with E-state index in [0.29, 0.717) is 51.0 Å². The number of aliphatic hydroxyl groups is 1. The standard InChI is InChI=1S/C33H32ClN3O5S2/c1-3-5-8-18-42-25-12-9-11-22(19-25)28-27(29(38)21-14-16-24(17-15-21)41-4-2)30(39)31(40)37(28)32-35-36-33(44-32)43-20-23-10-6-7-13-26(23)34/h6-7,9-17,19,28,38H,3-5,8,18,20H2,1-2H3/b29-27+. The maximum absolute atomic E-state index is 13.6. The van der Waals surface area contributed by atoms with Gasteiger partial charge in [-0.3, -0.25) is 14.5 Å². The number of hydrogen-bond donors (Lipinski definition) is 1. The number of aliphatic hydroxyl groups excluding tert-OH is 1. The lowest BCUT2D eigenvalue weighted by molar-refractivity contribution is -0.132. The van der Waals surface area contributed by atoms with Gasteiger partial charge in [-0.05, 0) is 66.9 Å². The molecule has 11 heteroatoms. The Labute approximate surface area is 269 Å². The third kappa shape index (κ3) is 7.09. The molecular formula is C33H32ClN3O5S2. The highest BCUT2D eigenvalue weighted by Gasteiger charge is 2.48. The average molecular weight is 650 g/mol. The maximum atomic E-state index is 13.6. The summed E-state index contributed by atoms with van der Waals surface area (Å²) in [4.78, 5) is 28.6. The van der Waals surface area contributed by atoms with Gasteiger partial charge in [-0.25, -0.2) is 0 Å². The van der Waals surface area contributed by atoms with Crippen molar-refractivity contribution in [3.63, 3.8) is 0 Å². The third-order valence-corrected chi connectivity index (χ3v) is 9.46. The normalized spacial score (nSPS) is 16.0. The number of halogens is 1. The minimum absolute atomic E-state index is 0.0391. The van der Waals surface area contributed by atoms with Gasteiger partial charge in [0, 0.05) is 16.3 Å². The molecule has 1 unspecified atom stereocenters. The number of Topliss-reactive ketones (excluding diaryl/α,β-unsaturated/α-hetero) is 1. The summed E-state index contributed by atoms with van der Waals surface area (Å²) in [5, 5.41) is 21.0. The molecule has 1 aliphatic heterocycles. The van der Waals surface area contributed by atoms with Gasteiger partial charge in [0.25, 0.3) is 5.78 Å². The topological polar surface area (TPSA) is 102 Å². The molecule has 1 amide bonds.